The number of carbonyl (C=O) groups excluding carboxylic acids is 1. The van der Waals surface area contributed by atoms with E-state index in [1.807, 2.05) is 18.9 Å². The quantitative estimate of drug-likeness (QED) is 0.549. The van der Waals surface area contributed by atoms with Crippen molar-refractivity contribution in [3.63, 3.8) is 0 Å². The summed E-state index contributed by atoms with van der Waals surface area (Å²) in [4.78, 5) is 23.6. The fourth-order valence-electron chi connectivity index (χ4n) is 4.34. The molecule has 34 heavy (non-hydrogen) atoms. The van der Waals surface area contributed by atoms with Crippen molar-refractivity contribution < 1.29 is 18.3 Å². The molecular weight excluding hydrogens is 444 g/mol. The number of anilines is 3. The van der Waals surface area contributed by atoms with Gasteiger partial charge >= 0.3 is 0 Å². The van der Waals surface area contributed by atoms with Crippen molar-refractivity contribution in [3.05, 3.63) is 53.0 Å². The summed E-state index contributed by atoms with van der Waals surface area (Å²) in [6.07, 6.45) is 5.55. The molecule has 5 rings (SSSR count). The lowest BCUT2D eigenvalue weighted by molar-refractivity contribution is -0.118. The average Bonchev–Trinajstić information content (AvgIpc) is 3.51. The van der Waals surface area contributed by atoms with Crippen molar-refractivity contribution in [2.45, 2.75) is 38.9 Å². The third-order valence-corrected chi connectivity index (χ3v) is 6.15. The van der Waals surface area contributed by atoms with Crippen LogP contribution >= 0.6 is 0 Å². The van der Waals surface area contributed by atoms with Crippen LogP contribution in [0.5, 0.6) is 5.75 Å². The molecule has 0 radical (unpaired) electrons. The summed E-state index contributed by atoms with van der Waals surface area (Å²) in [6.45, 7) is 2.45. The number of halogens is 2. The van der Waals surface area contributed by atoms with Crippen LogP contribution in [0.15, 0.2) is 24.5 Å². The Morgan fingerprint density at radius 2 is 1.94 bits per heavy atom. The lowest BCUT2D eigenvalue weighted by atomic mass is 10.1. The molecule has 0 bridgehead atoms. The van der Waals surface area contributed by atoms with Crippen LogP contribution in [-0.2, 0) is 17.9 Å². The Morgan fingerprint density at radius 1 is 1.21 bits per heavy atom. The monoisotopic (exact) mass is 469 g/mol. The van der Waals surface area contributed by atoms with Gasteiger partial charge in [-0.2, -0.15) is 10.1 Å². The topological polar surface area (TPSA) is 97.2 Å². The van der Waals surface area contributed by atoms with Gasteiger partial charge in [0.1, 0.15) is 11.7 Å². The fourth-order valence-corrected chi connectivity index (χ4v) is 4.34. The van der Waals surface area contributed by atoms with E-state index in [1.165, 1.54) is 19.2 Å². The standard InChI is InChI=1S/C23H25F2N7O2/c1-12-18-21(31(2)19(15-4-5-15)22(33)29-18)30-23(28-12)26-8-14-9-27-32(11-14)10-13-6-16(24)20(34-3)17(25)7-13/h6-7,9,11,15,19H,4-5,8,10H2,1-3H3,(H,29,33)(H,26,28,30). The van der Waals surface area contributed by atoms with E-state index in [-0.39, 0.29) is 18.5 Å². The Hall–Kier alpha value is -3.76. The van der Waals surface area contributed by atoms with Crippen LogP contribution in [0.25, 0.3) is 0 Å². The van der Waals surface area contributed by atoms with E-state index in [1.54, 1.807) is 17.1 Å². The minimum absolute atomic E-state index is 0.00561. The maximum atomic E-state index is 14.0. The SMILES string of the molecule is COc1c(F)cc(Cn2cc(CNc3nc(C)c4c(n3)N(C)C(C3CC3)C(=O)N4)cn2)cc1F. The van der Waals surface area contributed by atoms with Crippen molar-refractivity contribution in [2.24, 2.45) is 5.92 Å². The number of nitrogens with one attached hydrogen (secondary N) is 2. The number of aryl methyl sites for hydroxylation is 1. The molecule has 9 nitrogen and oxygen atoms in total. The highest BCUT2D eigenvalue weighted by Gasteiger charge is 2.43. The zero-order valence-corrected chi connectivity index (χ0v) is 19.1. The summed E-state index contributed by atoms with van der Waals surface area (Å²) in [5.41, 5.74) is 2.61. The smallest absolute Gasteiger partial charge is 0.247 e. The fraction of sp³-hybridized carbons (Fsp3) is 0.391. The van der Waals surface area contributed by atoms with E-state index in [9.17, 15) is 13.6 Å². The van der Waals surface area contributed by atoms with Crippen molar-refractivity contribution in [1.29, 1.82) is 0 Å². The van der Waals surface area contributed by atoms with Crippen molar-refractivity contribution in [3.8, 4) is 5.75 Å². The Labute approximate surface area is 195 Å². The van der Waals surface area contributed by atoms with Crippen molar-refractivity contribution in [2.75, 3.05) is 29.7 Å². The van der Waals surface area contributed by atoms with Crippen molar-refractivity contribution in [1.82, 2.24) is 19.7 Å². The summed E-state index contributed by atoms with van der Waals surface area (Å²) in [6, 6.07) is 2.26. The predicted octanol–water partition coefficient (Wildman–Crippen LogP) is 3.10. The van der Waals surface area contributed by atoms with E-state index < -0.39 is 17.4 Å². The molecule has 1 fully saturated rings. The van der Waals surface area contributed by atoms with Gasteiger partial charge in [-0.3, -0.25) is 9.48 Å². The summed E-state index contributed by atoms with van der Waals surface area (Å²) >= 11 is 0. The molecular formula is C23H25F2N7O2. The minimum Gasteiger partial charge on any atom is -0.491 e. The lowest BCUT2D eigenvalue weighted by Crippen LogP contribution is -2.48. The van der Waals surface area contributed by atoms with E-state index >= 15 is 0 Å². The summed E-state index contributed by atoms with van der Waals surface area (Å²) < 4.78 is 34.2. The zero-order chi connectivity index (χ0) is 24.0. The minimum atomic E-state index is -0.753. The van der Waals surface area contributed by atoms with Gasteiger partial charge in [0.15, 0.2) is 23.2 Å². The molecule has 1 unspecified atom stereocenters. The predicted molar refractivity (Wildman–Crippen MR) is 122 cm³/mol. The van der Waals surface area contributed by atoms with E-state index in [0.717, 1.165) is 18.4 Å². The number of aromatic nitrogens is 4. The third-order valence-electron chi connectivity index (χ3n) is 6.15. The second-order valence-electron chi connectivity index (χ2n) is 8.71. The molecule has 2 aromatic heterocycles. The first-order valence-electron chi connectivity index (χ1n) is 11.0. The Kier molecular flexibility index (Phi) is 5.54. The summed E-state index contributed by atoms with van der Waals surface area (Å²) in [5.74, 6) is -0.403. The molecule has 2 N–H and O–H groups in total. The van der Waals surface area contributed by atoms with E-state index in [0.29, 0.717) is 41.2 Å². The molecule has 2 aliphatic rings. The zero-order valence-electron chi connectivity index (χ0n) is 19.1. The number of nitrogens with zero attached hydrogens (tertiary/aromatic N) is 5. The van der Waals surface area contributed by atoms with Gasteiger partial charge in [0.05, 0.1) is 25.5 Å². The first-order valence-corrected chi connectivity index (χ1v) is 11.0. The maximum absolute atomic E-state index is 14.0. The third kappa shape index (κ3) is 4.13. The number of amides is 1. The summed E-state index contributed by atoms with van der Waals surface area (Å²) in [5, 5.41) is 10.4. The molecule has 1 amide bonds. The Balaban J connectivity index is 1.28. The second-order valence-corrected chi connectivity index (χ2v) is 8.71. The number of ether oxygens (including phenoxy) is 1. The second kappa shape index (κ2) is 8.54. The number of benzene rings is 1. The molecule has 3 aromatic rings. The molecule has 1 aliphatic carbocycles. The van der Waals surface area contributed by atoms with Crippen LogP contribution in [-0.4, -0.2) is 45.9 Å². The van der Waals surface area contributed by atoms with Crippen LogP contribution in [0.3, 0.4) is 0 Å². The largest absolute Gasteiger partial charge is 0.491 e. The molecule has 1 aliphatic heterocycles. The van der Waals surface area contributed by atoms with E-state index in [4.69, 9.17) is 4.74 Å². The average molecular weight is 469 g/mol. The number of likely N-dealkylation sites (N-methyl/N-ethyl adjacent to an activating group) is 1. The van der Waals surface area contributed by atoms with Crippen LogP contribution in [0.2, 0.25) is 0 Å². The van der Waals surface area contributed by atoms with Gasteiger partial charge in [-0.05, 0) is 43.4 Å². The maximum Gasteiger partial charge on any atom is 0.247 e. The molecule has 178 valence electrons. The molecule has 0 spiro atoms. The Bertz CT molecular complexity index is 1240. The van der Waals surface area contributed by atoms with Crippen LogP contribution < -0.4 is 20.3 Å². The first kappa shape index (κ1) is 22.1. The molecule has 11 heteroatoms. The molecule has 1 aromatic carbocycles. The first-order chi connectivity index (χ1) is 16.3. The Morgan fingerprint density at radius 3 is 2.62 bits per heavy atom. The molecule has 1 saturated carbocycles. The number of hydrogen-bond donors (Lipinski definition) is 2. The normalized spacial score (nSPS) is 17.4. The van der Waals surface area contributed by atoms with Gasteiger partial charge in [-0.1, -0.05) is 0 Å². The van der Waals surface area contributed by atoms with Crippen LogP contribution in [0, 0.1) is 24.5 Å². The van der Waals surface area contributed by atoms with Crippen LogP contribution in [0.1, 0.15) is 29.7 Å². The van der Waals surface area contributed by atoms with Crippen molar-refractivity contribution >= 4 is 23.4 Å². The number of carbonyl (C=O) groups is 1. The lowest BCUT2D eigenvalue weighted by Gasteiger charge is -2.35. The van der Waals surface area contributed by atoms with Gasteiger partial charge in [-0.15, -0.1) is 0 Å². The molecule has 3 heterocycles. The van der Waals surface area contributed by atoms with Gasteiger partial charge in [-0.25, -0.2) is 13.8 Å². The number of rotatable bonds is 7. The number of hydrogen-bond acceptors (Lipinski definition) is 7. The van der Waals surface area contributed by atoms with Crippen LogP contribution in [0.4, 0.5) is 26.2 Å². The molecule has 1 atom stereocenters. The molecule has 0 saturated heterocycles. The number of fused-ring (bicyclic) bond motifs is 1. The summed E-state index contributed by atoms with van der Waals surface area (Å²) in [7, 11) is 3.12. The van der Waals surface area contributed by atoms with Gasteiger partial charge in [0, 0.05) is 25.4 Å². The highest BCUT2D eigenvalue weighted by molar-refractivity contribution is 6.03. The highest BCUT2D eigenvalue weighted by atomic mass is 19.1. The number of methoxy groups -OCH3 is 1. The van der Waals surface area contributed by atoms with Gasteiger partial charge < -0.3 is 20.3 Å². The van der Waals surface area contributed by atoms with Gasteiger partial charge in [0.25, 0.3) is 0 Å². The van der Waals surface area contributed by atoms with E-state index in [2.05, 4.69) is 25.7 Å². The highest BCUT2D eigenvalue weighted by Crippen LogP contribution is 2.41. The van der Waals surface area contributed by atoms with Gasteiger partial charge in [0.2, 0.25) is 11.9 Å².